The summed E-state index contributed by atoms with van der Waals surface area (Å²) in [6, 6.07) is 12.5. The summed E-state index contributed by atoms with van der Waals surface area (Å²) in [5, 5.41) is 2.72. The maximum Gasteiger partial charge on any atom is 0.248 e. The second kappa shape index (κ2) is 9.22. The quantitative estimate of drug-likeness (QED) is 0.782. The highest BCUT2D eigenvalue weighted by molar-refractivity contribution is 5.92. The zero-order chi connectivity index (χ0) is 15.5. The summed E-state index contributed by atoms with van der Waals surface area (Å²) < 4.78 is 0. The van der Waals surface area contributed by atoms with Gasteiger partial charge in [-0.1, -0.05) is 18.2 Å². The molecule has 2 rings (SSSR count). The van der Waals surface area contributed by atoms with E-state index in [2.05, 4.69) is 10.3 Å². The number of benzene rings is 1. The van der Waals surface area contributed by atoms with Crippen LogP contribution in [0.1, 0.15) is 16.8 Å². The van der Waals surface area contributed by atoms with E-state index in [-0.39, 0.29) is 5.91 Å². The normalized spacial score (nSPS) is 9.19. The first kappa shape index (κ1) is 16.3. The van der Waals surface area contributed by atoms with Crippen molar-refractivity contribution in [2.24, 2.45) is 11.5 Å². The van der Waals surface area contributed by atoms with E-state index in [1.165, 1.54) is 12.4 Å². The van der Waals surface area contributed by atoms with E-state index in [9.17, 15) is 9.59 Å². The fourth-order valence-corrected chi connectivity index (χ4v) is 1.39. The van der Waals surface area contributed by atoms with Gasteiger partial charge in [0.1, 0.15) is 0 Å². The van der Waals surface area contributed by atoms with Crippen molar-refractivity contribution in [1.29, 1.82) is 0 Å². The molecule has 0 aliphatic carbocycles. The monoisotopic (exact) mass is 286 g/mol. The number of nitrogens with zero attached hydrogens (tertiary/aromatic N) is 1. The van der Waals surface area contributed by atoms with Gasteiger partial charge in [-0.15, -0.1) is 0 Å². The first-order chi connectivity index (χ1) is 10.1. The maximum atomic E-state index is 11.0. The largest absolute Gasteiger partial charge is 0.366 e. The van der Waals surface area contributed by atoms with Crippen molar-refractivity contribution < 1.29 is 9.59 Å². The van der Waals surface area contributed by atoms with E-state index in [0.717, 1.165) is 5.69 Å². The molecule has 0 radical (unpaired) electrons. The Kier molecular flexibility index (Phi) is 7.17. The van der Waals surface area contributed by atoms with Gasteiger partial charge >= 0.3 is 0 Å². The predicted octanol–water partition coefficient (Wildman–Crippen LogP) is 1.15. The predicted molar refractivity (Wildman–Crippen MR) is 81.5 cm³/mol. The molecule has 0 bridgehead atoms. The van der Waals surface area contributed by atoms with Crippen LogP contribution in [0.15, 0.2) is 54.9 Å². The number of hydrogen-bond acceptors (Lipinski definition) is 4. The van der Waals surface area contributed by atoms with Crippen LogP contribution in [0.25, 0.3) is 0 Å². The molecule has 1 aromatic carbocycles. The minimum absolute atomic E-state index is 0.0382. The van der Waals surface area contributed by atoms with E-state index in [0.29, 0.717) is 18.5 Å². The summed E-state index contributed by atoms with van der Waals surface area (Å²) in [4.78, 5) is 25.1. The second-order valence-corrected chi connectivity index (χ2v) is 4.05. The SMILES string of the molecule is NC(=O)c1ccncc1.NCCC(=O)Nc1ccccc1. The molecular formula is C15H18N4O2. The lowest BCUT2D eigenvalue weighted by molar-refractivity contribution is -0.116. The van der Waals surface area contributed by atoms with Crippen LogP contribution in [0.5, 0.6) is 0 Å². The lowest BCUT2D eigenvalue weighted by atomic mass is 10.3. The van der Waals surface area contributed by atoms with Crippen molar-refractivity contribution in [2.45, 2.75) is 6.42 Å². The number of pyridine rings is 1. The van der Waals surface area contributed by atoms with Gasteiger partial charge in [0, 0.05) is 36.6 Å². The lowest BCUT2D eigenvalue weighted by Gasteiger charge is -2.02. The second-order valence-electron chi connectivity index (χ2n) is 4.05. The summed E-state index contributed by atoms with van der Waals surface area (Å²) in [5.41, 5.74) is 11.5. The molecule has 110 valence electrons. The number of para-hydroxylation sites is 1. The van der Waals surface area contributed by atoms with Crippen molar-refractivity contribution in [3.8, 4) is 0 Å². The van der Waals surface area contributed by atoms with Crippen LogP contribution in [-0.4, -0.2) is 23.3 Å². The zero-order valence-corrected chi connectivity index (χ0v) is 11.5. The van der Waals surface area contributed by atoms with E-state index in [4.69, 9.17) is 11.5 Å². The number of aromatic nitrogens is 1. The average molecular weight is 286 g/mol. The fourth-order valence-electron chi connectivity index (χ4n) is 1.39. The van der Waals surface area contributed by atoms with Crippen molar-refractivity contribution in [2.75, 3.05) is 11.9 Å². The Morgan fingerprint density at radius 2 is 1.67 bits per heavy atom. The molecule has 0 saturated heterocycles. The standard InChI is InChI=1S/C9H12N2O.C6H6N2O/c10-7-6-9(12)11-8-4-2-1-3-5-8;7-6(9)5-1-3-8-4-2-5/h1-5H,6-7,10H2,(H,11,12);1-4H,(H2,7,9). The van der Waals surface area contributed by atoms with Gasteiger partial charge in [0.2, 0.25) is 11.8 Å². The number of nitrogens with one attached hydrogen (secondary N) is 1. The molecule has 0 spiro atoms. The third-order valence-electron chi connectivity index (χ3n) is 2.39. The lowest BCUT2D eigenvalue weighted by Crippen LogP contribution is -2.15. The minimum atomic E-state index is -0.419. The Morgan fingerprint density at radius 3 is 2.14 bits per heavy atom. The number of carbonyl (C=O) groups excluding carboxylic acids is 2. The summed E-state index contributed by atoms with van der Waals surface area (Å²) in [5.74, 6) is -0.457. The molecular weight excluding hydrogens is 268 g/mol. The summed E-state index contributed by atoms with van der Waals surface area (Å²) in [6.45, 7) is 0.388. The van der Waals surface area contributed by atoms with Crippen molar-refractivity contribution in [3.63, 3.8) is 0 Å². The number of primary amides is 1. The van der Waals surface area contributed by atoms with Crippen LogP contribution in [0.4, 0.5) is 5.69 Å². The van der Waals surface area contributed by atoms with Gasteiger partial charge < -0.3 is 16.8 Å². The van der Waals surface area contributed by atoms with Crippen LogP contribution in [0.3, 0.4) is 0 Å². The third kappa shape index (κ3) is 6.84. The van der Waals surface area contributed by atoms with E-state index in [1.54, 1.807) is 12.1 Å². The van der Waals surface area contributed by atoms with E-state index >= 15 is 0 Å². The molecule has 0 saturated carbocycles. The number of anilines is 1. The number of amides is 2. The first-order valence-corrected chi connectivity index (χ1v) is 6.38. The van der Waals surface area contributed by atoms with Gasteiger partial charge in [-0.05, 0) is 24.3 Å². The van der Waals surface area contributed by atoms with Crippen LogP contribution in [0, 0.1) is 0 Å². The minimum Gasteiger partial charge on any atom is -0.366 e. The highest BCUT2D eigenvalue weighted by Crippen LogP contribution is 2.04. The molecule has 0 aliphatic rings. The van der Waals surface area contributed by atoms with Crippen molar-refractivity contribution >= 4 is 17.5 Å². The molecule has 6 nitrogen and oxygen atoms in total. The number of carbonyl (C=O) groups is 2. The molecule has 6 heteroatoms. The molecule has 0 aliphatic heterocycles. The molecule has 1 heterocycles. The number of nitrogens with two attached hydrogens (primary N) is 2. The number of hydrogen-bond donors (Lipinski definition) is 3. The van der Waals surface area contributed by atoms with Crippen molar-refractivity contribution in [1.82, 2.24) is 4.98 Å². The Balaban J connectivity index is 0.000000219. The Hall–Kier alpha value is -2.73. The van der Waals surface area contributed by atoms with Crippen LogP contribution in [-0.2, 0) is 4.79 Å². The summed E-state index contributed by atoms with van der Waals surface area (Å²) in [7, 11) is 0. The highest BCUT2D eigenvalue weighted by Gasteiger charge is 1.98. The van der Waals surface area contributed by atoms with Gasteiger partial charge in [-0.3, -0.25) is 14.6 Å². The average Bonchev–Trinajstić information content (AvgIpc) is 2.50. The molecule has 5 N–H and O–H groups in total. The molecule has 1 aromatic heterocycles. The van der Waals surface area contributed by atoms with Crippen molar-refractivity contribution in [3.05, 3.63) is 60.4 Å². The first-order valence-electron chi connectivity index (χ1n) is 6.38. The summed E-state index contributed by atoms with van der Waals surface area (Å²) >= 11 is 0. The Labute approximate surface area is 123 Å². The molecule has 2 aromatic rings. The smallest absolute Gasteiger partial charge is 0.248 e. The topological polar surface area (TPSA) is 111 Å². The van der Waals surface area contributed by atoms with Gasteiger partial charge in [0.15, 0.2) is 0 Å². The van der Waals surface area contributed by atoms with Gasteiger partial charge in [0.25, 0.3) is 0 Å². The number of rotatable bonds is 4. The van der Waals surface area contributed by atoms with E-state index < -0.39 is 5.91 Å². The molecule has 2 amide bonds. The Bertz CT molecular complexity index is 558. The molecule has 0 fully saturated rings. The van der Waals surface area contributed by atoms with E-state index in [1.807, 2.05) is 30.3 Å². The van der Waals surface area contributed by atoms with Gasteiger partial charge in [0.05, 0.1) is 0 Å². The highest BCUT2D eigenvalue weighted by atomic mass is 16.1. The maximum absolute atomic E-state index is 11.0. The zero-order valence-electron chi connectivity index (χ0n) is 11.5. The third-order valence-corrected chi connectivity index (χ3v) is 2.39. The van der Waals surface area contributed by atoms with Crippen LogP contribution in [0.2, 0.25) is 0 Å². The molecule has 0 unspecified atom stereocenters. The Morgan fingerprint density at radius 1 is 1.05 bits per heavy atom. The van der Waals surface area contributed by atoms with Gasteiger partial charge in [-0.2, -0.15) is 0 Å². The van der Waals surface area contributed by atoms with Gasteiger partial charge in [-0.25, -0.2) is 0 Å². The molecule has 0 atom stereocenters. The summed E-state index contributed by atoms with van der Waals surface area (Å²) in [6.07, 6.45) is 3.43. The van der Waals surface area contributed by atoms with Crippen LogP contribution < -0.4 is 16.8 Å². The molecule has 21 heavy (non-hydrogen) atoms. The van der Waals surface area contributed by atoms with Crippen LogP contribution >= 0.6 is 0 Å². The fraction of sp³-hybridized carbons (Fsp3) is 0.133.